The first-order chi connectivity index (χ1) is 9.60. The SMILES string of the molecule is CN(Cc1cccc(Br)c1)C(CN)c1cccc(F)c1. The van der Waals surface area contributed by atoms with Gasteiger partial charge in [0.2, 0.25) is 0 Å². The van der Waals surface area contributed by atoms with Gasteiger partial charge in [0.1, 0.15) is 5.82 Å². The van der Waals surface area contributed by atoms with Gasteiger partial charge in [-0.2, -0.15) is 0 Å². The molecule has 0 amide bonds. The van der Waals surface area contributed by atoms with Crippen molar-refractivity contribution < 1.29 is 4.39 Å². The lowest BCUT2D eigenvalue weighted by Gasteiger charge is -2.27. The van der Waals surface area contributed by atoms with Crippen LogP contribution in [-0.4, -0.2) is 18.5 Å². The van der Waals surface area contributed by atoms with Crippen LogP contribution in [0.15, 0.2) is 53.0 Å². The monoisotopic (exact) mass is 336 g/mol. The molecule has 2 aromatic rings. The number of nitrogens with two attached hydrogens (primary N) is 1. The molecule has 2 nitrogen and oxygen atoms in total. The van der Waals surface area contributed by atoms with E-state index in [9.17, 15) is 4.39 Å². The lowest BCUT2D eigenvalue weighted by atomic mass is 10.0. The first-order valence-electron chi connectivity index (χ1n) is 6.50. The molecule has 20 heavy (non-hydrogen) atoms. The zero-order valence-electron chi connectivity index (χ0n) is 11.4. The predicted octanol–water partition coefficient (Wildman–Crippen LogP) is 3.72. The van der Waals surface area contributed by atoms with E-state index in [2.05, 4.69) is 33.0 Å². The van der Waals surface area contributed by atoms with Gasteiger partial charge >= 0.3 is 0 Å². The normalized spacial score (nSPS) is 12.7. The highest BCUT2D eigenvalue weighted by atomic mass is 79.9. The van der Waals surface area contributed by atoms with Crippen LogP contribution in [0.5, 0.6) is 0 Å². The van der Waals surface area contributed by atoms with Crippen molar-refractivity contribution in [3.05, 3.63) is 69.9 Å². The second-order valence-corrected chi connectivity index (χ2v) is 5.77. The van der Waals surface area contributed by atoms with Crippen LogP contribution in [0.2, 0.25) is 0 Å². The summed E-state index contributed by atoms with van der Waals surface area (Å²) in [4.78, 5) is 2.14. The Bertz CT molecular complexity index is 574. The highest BCUT2D eigenvalue weighted by molar-refractivity contribution is 9.10. The Balaban J connectivity index is 2.15. The molecule has 2 N–H and O–H groups in total. The molecule has 0 saturated heterocycles. The number of hydrogen-bond donors (Lipinski definition) is 1. The third-order valence-electron chi connectivity index (χ3n) is 3.31. The molecule has 106 valence electrons. The zero-order valence-corrected chi connectivity index (χ0v) is 13.0. The largest absolute Gasteiger partial charge is 0.329 e. The fourth-order valence-electron chi connectivity index (χ4n) is 2.32. The van der Waals surface area contributed by atoms with Crippen LogP contribution in [0.25, 0.3) is 0 Å². The molecule has 0 bridgehead atoms. The Labute approximate surface area is 127 Å². The third kappa shape index (κ3) is 3.88. The Hall–Kier alpha value is -1.23. The summed E-state index contributed by atoms with van der Waals surface area (Å²) < 4.78 is 14.4. The molecule has 0 radical (unpaired) electrons. The van der Waals surface area contributed by atoms with E-state index in [0.29, 0.717) is 6.54 Å². The first kappa shape index (κ1) is 15.2. The number of likely N-dealkylation sites (N-methyl/N-ethyl adjacent to an activating group) is 1. The van der Waals surface area contributed by atoms with Crippen molar-refractivity contribution in [2.24, 2.45) is 5.73 Å². The van der Waals surface area contributed by atoms with Crippen molar-refractivity contribution in [1.29, 1.82) is 0 Å². The maximum Gasteiger partial charge on any atom is 0.123 e. The number of rotatable bonds is 5. The molecule has 1 atom stereocenters. The summed E-state index contributed by atoms with van der Waals surface area (Å²) in [5.74, 6) is -0.225. The minimum Gasteiger partial charge on any atom is -0.329 e. The molecule has 0 aliphatic heterocycles. The zero-order chi connectivity index (χ0) is 14.5. The quantitative estimate of drug-likeness (QED) is 0.901. The molecule has 0 fully saturated rings. The summed E-state index contributed by atoms with van der Waals surface area (Å²) in [5.41, 5.74) is 7.96. The Morgan fingerprint density at radius 2 is 1.95 bits per heavy atom. The van der Waals surface area contributed by atoms with Crippen molar-refractivity contribution >= 4 is 15.9 Å². The first-order valence-corrected chi connectivity index (χ1v) is 7.29. The number of benzene rings is 2. The number of hydrogen-bond acceptors (Lipinski definition) is 2. The van der Waals surface area contributed by atoms with Gasteiger partial charge in [-0.3, -0.25) is 4.90 Å². The fourth-order valence-corrected chi connectivity index (χ4v) is 2.76. The number of nitrogens with zero attached hydrogens (tertiary/aromatic N) is 1. The van der Waals surface area contributed by atoms with Gasteiger partial charge in [-0.15, -0.1) is 0 Å². The average molecular weight is 337 g/mol. The van der Waals surface area contributed by atoms with E-state index < -0.39 is 0 Å². The van der Waals surface area contributed by atoms with Gasteiger partial charge in [0.05, 0.1) is 0 Å². The topological polar surface area (TPSA) is 29.3 Å². The molecule has 1 unspecified atom stereocenters. The van der Waals surface area contributed by atoms with Gasteiger partial charge in [-0.25, -0.2) is 4.39 Å². The Kier molecular flexibility index (Phi) is 5.29. The molecule has 0 aromatic heterocycles. The van der Waals surface area contributed by atoms with Crippen molar-refractivity contribution in [1.82, 2.24) is 4.90 Å². The van der Waals surface area contributed by atoms with E-state index in [0.717, 1.165) is 16.6 Å². The van der Waals surface area contributed by atoms with E-state index in [1.54, 1.807) is 12.1 Å². The van der Waals surface area contributed by atoms with Crippen molar-refractivity contribution in [2.75, 3.05) is 13.6 Å². The Morgan fingerprint density at radius 3 is 2.60 bits per heavy atom. The van der Waals surface area contributed by atoms with Crippen molar-refractivity contribution in [2.45, 2.75) is 12.6 Å². The molecule has 0 heterocycles. The lowest BCUT2D eigenvalue weighted by Crippen LogP contribution is -2.30. The number of halogens is 2. The smallest absolute Gasteiger partial charge is 0.123 e. The highest BCUT2D eigenvalue weighted by Gasteiger charge is 2.16. The van der Waals surface area contributed by atoms with E-state index in [1.165, 1.54) is 11.6 Å². The van der Waals surface area contributed by atoms with E-state index >= 15 is 0 Å². The van der Waals surface area contributed by atoms with Crippen LogP contribution in [0.1, 0.15) is 17.2 Å². The third-order valence-corrected chi connectivity index (χ3v) is 3.80. The maximum atomic E-state index is 13.3. The van der Waals surface area contributed by atoms with Gasteiger partial charge in [0, 0.05) is 23.6 Å². The molecule has 0 aliphatic carbocycles. The summed E-state index contributed by atoms with van der Waals surface area (Å²) in [7, 11) is 2.00. The summed E-state index contributed by atoms with van der Waals surface area (Å²) in [5, 5.41) is 0. The minimum atomic E-state index is -0.225. The minimum absolute atomic E-state index is 0.00433. The molecular weight excluding hydrogens is 319 g/mol. The van der Waals surface area contributed by atoms with E-state index in [-0.39, 0.29) is 11.9 Å². The van der Waals surface area contributed by atoms with Crippen LogP contribution in [0.3, 0.4) is 0 Å². The Morgan fingerprint density at radius 1 is 1.20 bits per heavy atom. The molecule has 0 aliphatic rings. The van der Waals surface area contributed by atoms with Crippen LogP contribution in [0.4, 0.5) is 4.39 Å². The second kappa shape index (κ2) is 6.97. The molecule has 2 rings (SSSR count). The van der Waals surface area contributed by atoms with Gasteiger partial charge < -0.3 is 5.73 Å². The van der Waals surface area contributed by atoms with Gasteiger partial charge in [-0.1, -0.05) is 40.2 Å². The van der Waals surface area contributed by atoms with Crippen LogP contribution in [-0.2, 0) is 6.54 Å². The lowest BCUT2D eigenvalue weighted by molar-refractivity contribution is 0.241. The van der Waals surface area contributed by atoms with E-state index in [4.69, 9.17) is 5.73 Å². The van der Waals surface area contributed by atoms with Crippen molar-refractivity contribution in [3.63, 3.8) is 0 Å². The highest BCUT2D eigenvalue weighted by Crippen LogP contribution is 2.22. The summed E-state index contributed by atoms with van der Waals surface area (Å²) in [6, 6.07) is 14.8. The van der Waals surface area contributed by atoms with Crippen LogP contribution >= 0.6 is 15.9 Å². The van der Waals surface area contributed by atoms with Gasteiger partial charge in [0.15, 0.2) is 0 Å². The van der Waals surface area contributed by atoms with Crippen LogP contribution in [0, 0.1) is 5.82 Å². The van der Waals surface area contributed by atoms with Gasteiger partial charge in [-0.05, 0) is 42.4 Å². The standard InChI is InChI=1S/C16H18BrFN2/c1-20(11-12-4-2-6-14(17)8-12)16(10-19)13-5-3-7-15(18)9-13/h2-9,16H,10-11,19H2,1H3. The fraction of sp³-hybridized carbons (Fsp3) is 0.250. The average Bonchev–Trinajstić information content (AvgIpc) is 2.39. The van der Waals surface area contributed by atoms with E-state index in [1.807, 2.05) is 25.2 Å². The van der Waals surface area contributed by atoms with Crippen molar-refractivity contribution in [3.8, 4) is 0 Å². The summed E-state index contributed by atoms with van der Waals surface area (Å²) >= 11 is 3.47. The summed E-state index contributed by atoms with van der Waals surface area (Å²) in [6.45, 7) is 1.21. The second-order valence-electron chi connectivity index (χ2n) is 4.85. The molecule has 2 aromatic carbocycles. The molecular formula is C16H18BrFN2. The predicted molar refractivity (Wildman–Crippen MR) is 83.8 cm³/mol. The summed E-state index contributed by atoms with van der Waals surface area (Å²) in [6.07, 6.45) is 0. The molecule has 0 spiro atoms. The maximum absolute atomic E-state index is 13.3. The molecule has 0 saturated carbocycles. The van der Waals surface area contributed by atoms with Gasteiger partial charge in [0.25, 0.3) is 0 Å². The molecule has 4 heteroatoms. The van der Waals surface area contributed by atoms with Crippen LogP contribution < -0.4 is 5.73 Å².